The van der Waals surface area contributed by atoms with Gasteiger partial charge in [0.05, 0.1) is 26.4 Å². The molecule has 0 N–H and O–H groups in total. The van der Waals surface area contributed by atoms with E-state index >= 15 is 0 Å². The summed E-state index contributed by atoms with van der Waals surface area (Å²) in [5, 5.41) is 0. The summed E-state index contributed by atoms with van der Waals surface area (Å²) in [7, 11) is 0. The molecule has 0 aliphatic carbocycles. The third-order valence-electron chi connectivity index (χ3n) is 12.7. The Hall–Kier alpha value is -7.04. The average Bonchev–Trinajstić information content (AvgIpc) is 3.34. The number of fused-ring (bicyclic) bond motifs is 6. The molecule has 0 atom stereocenters. The number of hydrogen-bond acceptors (Lipinski definition) is 4. The lowest BCUT2D eigenvalue weighted by atomic mass is 9.86. The second kappa shape index (κ2) is 19.6. The molecular formula is C60H56O4. The van der Waals surface area contributed by atoms with Crippen LogP contribution in [0.1, 0.15) is 47.9 Å². The van der Waals surface area contributed by atoms with Crippen LogP contribution in [-0.2, 0) is 0 Å². The zero-order valence-electron chi connectivity index (χ0n) is 37.5. The van der Waals surface area contributed by atoms with E-state index in [4.69, 9.17) is 18.9 Å². The molecule has 0 unspecified atom stereocenters. The van der Waals surface area contributed by atoms with Crippen LogP contribution in [0.3, 0.4) is 0 Å². The first-order valence-electron chi connectivity index (χ1n) is 22.8. The van der Waals surface area contributed by atoms with Crippen LogP contribution in [0.15, 0.2) is 170 Å². The van der Waals surface area contributed by atoms with Gasteiger partial charge in [-0.05, 0) is 144 Å². The molecule has 64 heavy (non-hydrogen) atoms. The van der Waals surface area contributed by atoms with E-state index in [1.807, 2.05) is 0 Å². The van der Waals surface area contributed by atoms with Gasteiger partial charge in [0.1, 0.15) is 23.0 Å². The van der Waals surface area contributed by atoms with Gasteiger partial charge >= 0.3 is 0 Å². The molecule has 0 saturated carbocycles. The van der Waals surface area contributed by atoms with Crippen molar-refractivity contribution in [1.82, 2.24) is 0 Å². The molecule has 8 aromatic rings. The minimum atomic E-state index is 0.702. The zero-order valence-corrected chi connectivity index (χ0v) is 37.5. The minimum absolute atomic E-state index is 0.702. The first-order chi connectivity index (χ1) is 31.5. The Bertz CT molecular complexity index is 2450. The van der Waals surface area contributed by atoms with Crippen LogP contribution in [0.25, 0.3) is 66.8 Å². The summed E-state index contributed by atoms with van der Waals surface area (Å²) < 4.78 is 25.4. The summed E-state index contributed by atoms with van der Waals surface area (Å²) >= 11 is 0. The Morgan fingerprint density at radius 3 is 0.656 bits per heavy atom. The lowest BCUT2D eigenvalue weighted by Crippen LogP contribution is -2.08. The number of ether oxygens (including phenoxy) is 4. The van der Waals surface area contributed by atoms with Crippen molar-refractivity contribution in [2.45, 2.75) is 53.4 Å². The maximum absolute atomic E-state index is 6.34. The van der Waals surface area contributed by atoms with Gasteiger partial charge in [-0.1, -0.05) is 146 Å². The van der Waals surface area contributed by atoms with E-state index in [0.717, 1.165) is 70.9 Å². The predicted octanol–water partition coefficient (Wildman–Crippen LogP) is 15.7. The maximum atomic E-state index is 6.34. The largest absolute Gasteiger partial charge is 0.493 e. The monoisotopic (exact) mass is 840 g/mol. The van der Waals surface area contributed by atoms with Crippen LogP contribution >= 0.6 is 0 Å². The van der Waals surface area contributed by atoms with Crippen molar-refractivity contribution in [2.75, 3.05) is 26.4 Å². The minimum Gasteiger partial charge on any atom is -0.493 e. The predicted molar refractivity (Wildman–Crippen MR) is 265 cm³/mol. The molecule has 10 rings (SSSR count). The standard InChI is InChI=1S/2C30H28O2/c2*1-21-25(23-11-5-3-6-12-23)15-17-27-29(21)30-22(2)26(24-13-7-4-8-14-24)16-18-28(30)32-20-10-9-19-31-27/h2*3-8,11-18H,9-10,19-20H2,1-2H3. The van der Waals surface area contributed by atoms with Crippen LogP contribution in [-0.4, -0.2) is 26.4 Å². The molecular weight excluding hydrogens is 785 g/mol. The topological polar surface area (TPSA) is 36.9 Å². The average molecular weight is 841 g/mol. The molecule has 4 heteroatoms. The second-order valence-corrected chi connectivity index (χ2v) is 16.7. The number of hydrogen-bond donors (Lipinski definition) is 0. The highest BCUT2D eigenvalue weighted by Crippen LogP contribution is 2.49. The molecule has 320 valence electrons. The molecule has 0 amide bonds. The van der Waals surface area contributed by atoms with Gasteiger partial charge in [0.15, 0.2) is 0 Å². The third kappa shape index (κ3) is 8.79. The Kier molecular flexibility index (Phi) is 12.9. The molecule has 2 heterocycles. The lowest BCUT2D eigenvalue weighted by molar-refractivity contribution is 0.263. The van der Waals surface area contributed by atoms with Crippen molar-refractivity contribution in [3.8, 4) is 89.8 Å². The Labute approximate surface area is 379 Å². The van der Waals surface area contributed by atoms with Crippen molar-refractivity contribution in [2.24, 2.45) is 0 Å². The van der Waals surface area contributed by atoms with Gasteiger partial charge in [0, 0.05) is 22.3 Å². The van der Waals surface area contributed by atoms with Gasteiger partial charge in [-0.15, -0.1) is 0 Å². The summed E-state index contributed by atoms with van der Waals surface area (Å²) in [4.78, 5) is 0. The molecule has 0 aromatic heterocycles. The smallest absolute Gasteiger partial charge is 0.127 e. The fourth-order valence-corrected chi connectivity index (χ4v) is 9.33. The fourth-order valence-electron chi connectivity index (χ4n) is 9.33. The molecule has 0 bridgehead atoms. The summed E-state index contributed by atoms with van der Waals surface area (Å²) in [6, 6.07) is 59.6. The number of benzene rings is 8. The highest BCUT2D eigenvalue weighted by Gasteiger charge is 2.25. The normalized spacial score (nSPS) is 13.3. The van der Waals surface area contributed by atoms with Crippen LogP contribution in [0.4, 0.5) is 0 Å². The van der Waals surface area contributed by atoms with Gasteiger partial charge in [0.2, 0.25) is 0 Å². The Morgan fingerprint density at radius 1 is 0.250 bits per heavy atom. The van der Waals surface area contributed by atoms with E-state index in [9.17, 15) is 0 Å². The molecule has 8 aromatic carbocycles. The Balaban J connectivity index is 0.000000162. The zero-order chi connectivity index (χ0) is 43.8. The molecule has 2 aliphatic heterocycles. The van der Waals surface area contributed by atoms with Crippen molar-refractivity contribution in [1.29, 1.82) is 0 Å². The first kappa shape index (κ1) is 42.3. The van der Waals surface area contributed by atoms with Gasteiger partial charge < -0.3 is 18.9 Å². The van der Waals surface area contributed by atoms with Crippen molar-refractivity contribution >= 4 is 0 Å². The number of rotatable bonds is 4. The van der Waals surface area contributed by atoms with E-state index in [2.05, 4.69) is 198 Å². The van der Waals surface area contributed by atoms with Gasteiger partial charge in [0.25, 0.3) is 0 Å². The van der Waals surface area contributed by atoms with Crippen molar-refractivity contribution < 1.29 is 18.9 Å². The molecule has 4 nitrogen and oxygen atoms in total. The SMILES string of the molecule is Cc1c(-c2ccccc2)ccc2c1-c1c(ccc(-c3ccccc3)c1C)OCCCCO2.Cc1c(-c2ccccc2)ccc2c1-c1c(ccc(-c3ccccc3)c1C)OCCCCO2. The first-order valence-corrected chi connectivity index (χ1v) is 22.8. The van der Waals surface area contributed by atoms with Crippen molar-refractivity contribution in [3.63, 3.8) is 0 Å². The highest BCUT2D eigenvalue weighted by molar-refractivity contribution is 5.92. The van der Waals surface area contributed by atoms with E-state index in [-0.39, 0.29) is 0 Å². The van der Waals surface area contributed by atoms with Crippen LogP contribution < -0.4 is 18.9 Å². The van der Waals surface area contributed by atoms with E-state index in [1.165, 1.54) is 66.8 Å². The molecule has 2 aliphatic rings. The third-order valence-corrected chi connectivity index (χ3v) is 12.7. The summed E-state index contributed by atoms with van der Waals surface area (Å²) in [6.07, 6.45) is 3.93. The molecule has 0 spiro atoms. The molecule has 0 radical (unpaired) electrons. The van der Waals surface area contributed by atoms with Gasteiger partial charge in [-0.25, -0.2) is 0 Å². The quantitative estimate of drug-likeness (QED) is 0.177. The van der Waals surface area contributed by atoms with Gasteiger partial charge in [-0.2, -0.15) is 0 Å². The highest BCUT2D eigenvalue weighted by atomic mass is 16.5. The fraction of sp³-hybridized carbons (Fsp3) is 0.200. The van der Waals surface area contributed by atoms with E-state index < -0.39 is 0 Å². The van der Waals surface area contributed by atoms with E-state index in [0.29, 0.717) is 26.4 Å². The lowest BCUT2D eigenvalue weighted by Gasteiger charge is -2.24. The maximum Gasteiger partial charge on any atom is 0.127 e. The van der Waals surface area contributed by atoms with E-state index in [1.54, 1.807) is 0 Å². The summed E-state index contributed by atoms with van der Waals surface area (Å²) in [6.45, 7) is 11.6. The second-order valence-electron chi connectivity index (χ2n) is 16.7. The van der Waals surface area contributed by atoms with Crippen molar-refractivity contribution in [3.05, 3.63) is 192 Å². The molecule has 0 saturated heterocycles. The molecule has 0 fully saturated rings. The van der Waals surface area contributed by atoms with Crippen LogP contribution in [0.2, 0.25) is 0 Å². The Morgan fingerprint density at radius 2 is 0.453 bits per heavy atom. The summed E-state index contributed by atoms with van der Waals surface area (Å²) in [5.74, 6) is 3.73. The van der Waals surface area contributed by atoms with Crippen LogP contribution in [0.5, 0.6) is 23.0 Å². The summed E-state index contributed by atoms with van der Waals surface area (Å²) in [5.41, 5.74) is 19.2. The van der Waals surface area contributed by atoms with Gasteiger partial charge in [-0.3, -0.25) is 0 Å². The van der Waals surface area contributed by atoms with Crippen LogP contribution in [0, 0.1) is 27.7 Å².